The molecule has 14 heavy (non-hydrogen) atoms. The highest BCUT2D eigenvalue weighted by atomic mass is 16.5. The summed E-state index contributed by atoms with van der Waals surface area (Å²) in [6, 6.07) is 0.297. The highest BCUT2D eigenvalue weighted by Gasteiger charge is 2.21. The lowest BCUT2D eigenvalue weighted by atomic mass is 10.0. The lowest BCUT2D eigenvalue weighted by molar-refractivity contribution is -0.0322. The number of rotatable bonds is 4. The van der Waals surface area contributed by atoms with E-state index < -0.39 is 0 Å². The summed E-state index contributed by atoms with van der Waals surface area (Å²) in [6.45, 7) is 10.5. The van der Waals surface area contributed by atoms with Crippen molar-refractivity contribution in [1.82, 2.24) is 4.90 Å². The van der Waals surface area contributed by atoms with Crippen molar-refractivity contribution in [3.05, 3.63) is 0 Å². The first-order chi connectivity index (χ1) is 6.63. The van der Waals surface area contributed by atoms with Gasteiger partial charge in [-0.3, -0.25) is 4.90 Å². The van der Waals surface area contributed by atoms with E-state index >= 15 is 0 Å². The zero-order valence-corrected chi connectivity index (χ0v) is 9.70. The van der Waals surface area contributed by atoms with Crippen molar-refractivity contribution in [3.63, 3.8) is 0 Å². The lowest BCUT2D eigenvalue weighted by Crippen LogP contribution is -2.48. The molecule has 0 amide bonds. The van der Waals surface area contributed by atoms with Gasteiger partial charge in [-0.2, -0.15) is 0 Å². The van der Waals surface area contributed by atoms with Gasteiger partial charge in [0.25, 0.3) is 0 Å². The molecule has 0 spiro atoms. The molecule has 2 unspecified atom stereocenters. The Morgan fingerprint density at radius 1 is 1.50 bits per heavy atom. The predicted octanol–water partition coefficient (Wildman–Crippen LogP) is 1.08. The summed E-state index contributed by atoms with van der Waals surface area (Å²) < 4.78 is 5.62. The van der Waals surface area contributed by atoms with Gasteiger partial charge in [-0.25, -0.2) is 0 Å². The number of hydrogen-bond acceptors (Lipinski definition) is 3. The SMILES string of the molecule is CCC1CN(CC(N)C(C)C)CCO1. The molecule has 1 heterocycles. The highest BCUT2D eigenvalue weighted by Crippen LogP contribution is 2.10. The monoisotopic (exact) mass is 200 g/mol. The summed E-state index contributed by atoms with van der Waals surface area (Å²) in [4.78, 5) is 2.43. The van der Waals surface area contributed by atoms with Crippen LogP contribution < -0.4 is 5.73 Å². The summed E-state index contributed by atoms with van der Waals surface area (Å²) in [7, 11) is 0. The Morgan fingerprint density at radius 3 is 2.79 bits per heavy atom. The average Bonchev–Trinajstić information content (AvgIpc) is 2.18. The van der Waals surface area contributed by atoms with Crippen LogP contribution in [-0.2, 0) is 4.74 Å². The Bertz CT molecular complexity index is 161. The van der Waals surface area contributed by atoms with Crippen molar-refractivity contribution in [1.29, 1.82) is 0 Å². The predicted molar refractivity (Wildman–Crippen MR) is 59.3 cm³/mol. The van der Waals surface area contributed by atoms with Crippen molar-refractivity contribution in [2.24, 2.45) is 11.7 Å². The fraction of sp³-hybridized carbons (Fsp3) is 1.00. The summed E-state index contributed by atoms with van der Waals surface area (Å²) in [5, 5.41) is 0. The van der Waals surface area contributed by atoms with E-state index in [-0.39, 0.29) is 0 Å². The topological polar surface area (TPSA) is 38.5 Å². The molecular formula is C11H24N2O. The average molecular weight is 200 g/mol. The van der Waals surface area contributed by atoms with Crippen LogP contribution in [0.1, 0.15) is 27.2 Å². The van der Waals surface area contributed by atoms with Gasteiger partial charge in [0.2, 0.25) is 0 Å². The van der Waals surface area contributed by atoms with E-state index in [1.54, 1.807) is 0 Å². The Labute approximate surface area is 87.6 Å². The van der Waals surface area contributed by atoms with Crippen molar-refractivity contribution in [3.8, 4) is 0 Å². The quantitative estimate of drug-likeness (QED) is 0.738. The van der Waals surface area contributed by atoms with Crippen LogP contribution in [0.4, 0.5) is 0 Å². The molecule has 2 N–H and O–H groups in total. The molecule has 84 valence electrons. The third-order valence-electron chi connectivity index (χ3n) is 3.00. The first-order valence-corrected chi connectivity index (χ1v) is 5.73. The van der Waals surface area contributed by atoms with Crippen molar-refractivity contribution < 1.29 is 4.74 Å². The molecule has 1 saturated heterocycles. The Hall–Kier alpha value is -0.120. The van der Waals surface area contributed by atoms with Crippen LogP contribution in [-0.4, -0.2) is 43.3 Å². The number of hydrogen-bond donors (Lipinski definition) is 1. The van der Waals surface area contributed by atoms with Gasteiger partial charge in [0.1, 0.15) is 0 Å². The van der Waals surface area contributed by atoms with Crippen LogP contribution in [0.15, 0.2) is 0 Å². The second-order valence-electron chi connectivity index (χ2n) is 4.57. The van der Waals surface area contributed by atoms with E-state index in [0.717, 1.165) is 32.7 Å². The van der Waals surface area contributed by atoms with E-state index in [2.05, 4.69) is 25.7 Å². The summed E-state index contributed by atoms with van der Waals surface area (Å²) >= 11 is 0. The fourth-order valence-corrected chi connectivity index (χ4v) is 1.70. The molecule has 0 radical (unpaired) electrons. The molecule has 1 aliphatic rings. The van der Waals surface area contributed by atoms with Crippen molar-refractivity contribution in [2.45, 2.75) is 39.3 Å². The number of nitrogens with two attached hydrogens (primary N) is 1. The van der Waals surface area contributed by atoms with Crippen molar-refractivity contribution in [2.75, 3.05) is 26.2 Å². The van der Waals surface area contributed by atoms with Crippen LogP contribution in [0.3, 0.4) is 0 Å². The fourth-order valence-electron chi connectivity index (χ4n) is 1.70. The maximum Gasteiger partial charge on any atom is 0.0700 e. The molecule has 0 aliphatic carbocycles. The molecular weight excluding hydrogens is 176 g/mol. The highest BCUT2D eigenvalue weighted by molar-refractivity contribution is 4.76. The first kappa shape index (κ1) is 12.0. The molecule has 1 fully saturated rings. The van der Waals surface area contributed by atoms with Gasteiger partial charge in [0.15, 0.2) is 0 Å². The van der Waals surface area contributed by atoms with E-state index in [1.807, 2.05) is 0 Å². The lowest BCUT2D eigenvalue weighted by Gasteiger charge is -2.34. The molecule has 1 rings (SSSR count). The number of nitrogens with zero attached hydrogens (tertiary/aromatic N) is 1. The van der Waals surface area contributed by atoms with Gasteiger partial charge in [-0.1, -0.05) is 20.8 Å². The second-order valence-corrected chi connectivity index (χ2v) is 4.57. The van der Waals surface area contributed by atoms with Gasteiger partial charge < -0.3 is 10.5 Å². The van der Waals surface area contributed by atoms with Gasteiger partial charge in [-0.05, 0) is 12.3 Å². The molecule has 0 aromatic carbocycles. The maximum absolute atomic E-state index is 6.05. The van der Waals surface area contributed by atoms with E-state index in [0.29, 0.717) is 18.1 Å². The molecule has 3 heteroatoms. The van der Waals surface area contributed by atoms with Gasteiger partial charge in [0.05, 0.1) is 12.7 Å². The third-order valence-corrected chi connectivity index (χ3v) is 3.00. The Balaban J connectivity index is 2.30. The van der Waals surface area contributed by atoms with Crippen LogP contribution in [0.5, 0.6) is 0 Å². The minimum Gasteiger partial charge on any atom is -0.376 e. The van der Waals surface area contributed by atoms with Crippen LogP contribution in [0.2, 0.25) is 0 Å². The minimum atomic E-state index is 0.297. The zero-order chi connectivity index (χ0) is 10.6. The minimum absolute atomic E-state index is 0.297. The second kappa shape index (κ2) is 5.69. The standard InChI is InChI=1S/C11H24N2O/c1-4-10-7-13(5-6-14-10)8-11(12)9(2)3/h9-11H,4-8,12H2,1-3H3. The summed E-state index contributed by atoms with van der Waals surface area (Å²) in [5.74, 6) is 0.568. The molecule has 3 nitrogen and oxygen atoms in total. The number of morpholine rings is 1. The maximum atomic E-state index is 6.05. The van der Waals surface area contributed by atoms with Crippen LogP contribution in [0.25, 0.3) is 0 Å². The molecule has 2 atom stereocenters. The van der Waals surface area contributed by atoms with Gasteiger partial charge in [0, 0.05) is 25.7 Å². The van der Waals surface area contributed by atoms with Gasteiger partial charge in [-0.15, -0.1) is 0 Å². The zero-order valence-electron chi connectivity index (χ0n) is 9.70. The molecule has 0 bridgehead atoms. The summed E-state index contributed by atoms with van der Waals surface area (Å²) in [6.07, 6.45) is 1.52. The molecule has 0 aromatic rings. The molecule has 0 aromatic heterocycles. The summed E-state index contributed by atoms with van der Waals surface area (Å²) in [5.41, 5.74) is 6.05. The Morgan fingerprint density at radius 2 is 2.21 bits per heavy atom. The van der Waals surface area contributed by atoms with Gasteiger partial charge >= 0.3 is 0 Å². The third kappa shape index (κ3) is 3.56. The Kier molecular flexibility index (Phi) is 4.85. The number of ether oxygens (including phenoxy) is 1. The van der Waals surface area contributed by atoms with Crippen molar-refractivity contribution >= 4 is 0 Å². The van der Waals surface area contributed by atoms with E-state index in [4.69, 9.17) is 10.5 Å². The van der Waals surface area contributed by atoms with Crippen LogP contribution >= 0.6 is 0 Å². The smallest absolute Gasteiger partial charge is 0.0700 e. The molecule has 1 aliphatic heterocycles. The van der Waals surface area contributed by atoms with E-state index in [1.165, 1.54) is 0 Å². The largest absolute Gasteiger partial charge is 0.376 e. The molecule has 0 saturated carbocycles. The van der Waals surface area contributed by atoms with Crippen LogP contribution in [0, 0.1) is 5.92 Å². The first-order valence-electron chi connectivity index (χ1n) is 5.73. The normalized spacial score (nSPS) is 26.8. The van der Waals surface area contributed by atoms with E-state index in [9.17, 15) is 0 Å².